The van der Waals surface area contributed by atoms with Gasteiger partial charge in [-0.3, -0.25) is 9.89 Å². The highest BCUT2D eigenvalue weighted by Crippen LogP contribution is 2.29. The van der Waals surface area contributed by atoms with Gasteiger partial charge in [0.1, 0.15) is 11.5 Å². The first-order valence-electron chi connectivity index (χ1n) is 13.9. The predicted molar refractivity (Wildman–Crippen MR) is 161 cm³/mol. The predicted octanol–water partition coefficient (Wildman–Crippen LogP) is 6.78. The average molecular weight is 540 g/mol. The van der Waals surface area contributed by atoms with E-state index in [0.717, 1.165) is 59.2 Å². The van der Waals surface area contributed by atoms with Crippen molar-refractivity contribution in [3.63, 3.8) is 0 Å². The summed E-state index contributed by atoms with van der Waals surface area (Å²) in [6.07, 6.45) is 7.53. The summed E-state index contributed by atoms with van der Waals surface area (Å²) in [6, 6.07) is 28.4. The fraction of sp³-hybridized carbons (Fsp3) is 0.152. The Bertz CT molecular complexity index is 1790. The summed E-state index contributed by atoms with van der Waals surface area (Å²) in [6.45, 7) is 1.52. The minimum Gasteiger partial charge on any atom is -0.351 e. The molecule has 0 spiro atoms. The van der Waals surface area contributed by atoms with Crippen LogP contribution in [-0.2, 0) is 0 Å². The van der Waals surface area contributed by atoms with Gasteiger partial charge >= 0.3 is 0 Å². The molecule has 1 aliphatic heterocycles. The van der Waals surface area contributed by atoms with E-state index in [4.69, 9.17) is 4.98 Å². The lowest BCUT2D eigenvalue weighted by Gasteiger charge is -2.32. The fourth-order valence-electron chi connectivity index (χ4n) is 5.58. The van der Waals surface area contributed by atoms with Gasteiger partial charge in [0.2, 0.25) is 0 Å². The Morgan fingerprint density at radius 2 is 1.78 bits per heavy atom. The van der Waals surface area contributed by atoms with E-state index >= 15 is 0 Å². The molecule has 7 rings (SSSR count). The summed E-state index contributed by atoms with van der Waals surface area (Å²) >= 11 is 0. The first-order valence-corrected chi connectivity index (χ1v) is 13.9. The zero-order valence-corrected chi connectivity index (χ0v) is 22.4. The number of carbonyl (C=O) groups excluding carboxylic acids is 1. The monoisotopic (exact) mass is 539 g/mol. The third-order valence-electron chi connectivity index (χ3n) is 7.74. The molecule has 0 bridgehead atoms. The quantitative estimate of drug-likeness (QED) is 0.217. The van der Waals surface area contributed by atoms with E-state index in [9.17, 15) is 4.79 Å². The van der Waals surface area contributed by atoms with Crippen LogP contribution in [0.2, 0.25) is 0 Å². The zero-order chi connectivity index (χ0) is 27.6. The van der Waals surface area contributed by atoms with Crippen LogP contribution in [-0.4, -0.2) is 49.0 Å². The Morgan fingerprint density at radius 1 is 0.927 bits per heavy atom. The van der Waals surface area contributed by atoms with E-state index in [0.29, 0.717) is 23.3 Å². The van der Waals surface area contributed by atoms with Gasteiger partial charge in [-0.1, -0.05) is 54.6 Å². The lowest BCUT2D eigenvalue weighted by atomic mass is 9.90. The molecule has 1 atom stereocenters. The van der Waals surface area contributed by atoms with Crippen LogP contribution >= 0.6 is 0 Å². The number of benzene rings is 3. The summed E-state index contributed by atoms with van der Waals surface area (Å²) in [7, 11) is 0. The number of rotatable bonds is 6. The van der Waals surface area contributed by atoms with E-state index in [1.54, 1.807) is 12.4 Å². The number of piperidine rings is 1. The second-order valence-electron chi connectivity index (χ2n) is 10.4. The average Bonchev–Trinajstić information content (AvgIpc) is 3.72. The molecule has 8 heteroatoms. The van der Waals surface area contributed by atoms with Crippen molar-refractivity contribution in [3.8, 4) is 22.5 Å². The van der Waals surface area contributed by atoms with Gasteiger partial charge in [-0.25, -0.2) is 9.97 Å². The Morgan fingerprint density at radius 3 is 2.61 bits per heavy atom. The highest BCUT2D eigenvalue weighted by molar-refractivity contribution is 5.98. The van der Waals surface area contributed by atoms with Crippen molar-refractivity contribution in [2.24, 2.45) is 0 Å². The number of anilines is 2. The molecule has 1 fully saturated rings. The van der Waals surface area contributed by atoms with Crippen LogP contribution in [0.3, 0.4) is 0 Å². The summed E-state index contributed by atoms with van der Waals surface area (Å²) < 4.78 is 0. The highest BCUT2D eigenvalue weighted by atomic mass is 16.2. The van der Waals surface area contributed by atoms with Gasteiger partial charge in [0.15, 0.2) is 5.82 Å². The van der Waals surface area contributed by atoms with Crippen molar-refractivity contribution in [2.45, 2.75) is 18.8 Å². The smallest absolute Gasteiger partial charge is 0.270 e. The number of fused-ring (bicyclic) bond motifs is 1. The van der Waals surface area contributed by atoms with Crippen molar-refractivity contribution in [2.75, 3.05) is 18.4 Å². The molecule has 202 valence electrons. The van der Waals surface area contributed by atoms with Gasteiger partial charge in [-0.05, 0) is 54.3 Å². The zero-order valence-electron chi connectivity index (χ0n) is 22.4. The lowest BCUT2D eigenvalue weighted by molar-refractivity contribution is 0.0702. The number of likely N-dealkylation sites (tertiary alicyclic amines) is 1. The van der Waals surface area contributed by atoms with Crippen molar-refractivity contribution in [3.05, 3.63) is 115 Å². The molecule has 1 saturated heterocycles. The molecular weight excluding hydrogens is 510 g/mol. The molecule has 0 saturated carbocycles. The molecule has 3 N–H and O–H groups in total. The van der Waals surface area contributed by atoms with Crippen molar-refractivity contribution in [1.29, 1.82) is 0 Å². The molecule has 1 aliphatic rings. The minimum absolute atomic E-state index is 0.0459. The highest BCUT2D eigenvalue weighted by Gasteiger charge is 2.26. The van der Waals surface area contributed by atoms with Crippen LogP contribution in [0.5, 0.6) is 0 Å². The Kier molecular flexibility index (Phi) is 6.48. The number of nitrogens with one attached hydrogen (secondary N) is 3. The first kappa shape index (κ1) is 24.8. The second kappa shape index (κ2) is 10.7. The third-order valence-corrected chi connectivity index (χ3v) is 7.74. The Hall–Kier alpha value is -5.24. The third kappa shape index (κ3) is 5.19. The molecule has 4 heterocycles. The van der Waals surface area contributed by atoms with Crippen molar-refractivity contribution in [1.82, 2.24) is 30.0 Å². The molecule has 0 radical (unpaired) electrons. The van der Waals surface area contributed by atoms with E-state index < -0.39 is 0 Å². The number of H-pyrrole nitrogens is 2. The molecular formula is C33H29N7O. The summed E-state index contributed by atoms with van der Waals surface area (Å²) in [5.41, 5.74) is 6.73. The summed E-state index contributed by atoms with van der Waals surface area (Å²) in [5.74, 6) is 1.73. The first-order chi connectivity index (χ1) is 20.2. The summed E-state index contributed by atoms with van der Waals surface area (Å²) in [5, 5.41) is 11.2. The number of aromatic nitrogens is 5. The standard InChI is InChI=1S/C33H29N7O/c41-33(40-16-4-7-26(21-40)22-5-2-1-3-6-22)30-17-24-8-9-25(18-29(24)38-30)32-34-15-14-31(39-32)37-28-12-10-23(11-13-28)27-19-35-36-20-27/h1-3,5-6,8-15,17-20,26,38H,4,7,16,21H2,(H,35,36)(H,34,37,39). The fourth-order valence-corrected chi connectivity index (χ4v) is 5.58. The number of aromatic amines is 2. The number of hydrogen-bond acceptors (Lipinski definition) is 5. The maximum absolute atomic E-state index is 13.5. The number of nitrogens with zero attached hydrogens (tertiary/aromatic N) is 4. The molecule has 1 amide bonds. The normalized spacial score (nSPS) is 15.2. The molecule has 3 aromatic heterocycles. The topological polar surface area (TPSA) is 103 Å². The van der Waals surface area contributed by atoms with Crippen LogP contribution in [0.25, 0.3) is 33.4 Å². The van der Waals surface area contributed by atoms with Gasteiger partial charge in [-0.15, -0.1) is 0 Å². The van der Waals surface area contributed by atoms with Gasteiger partial charge in [0, 0.05) is 59.1 Å². The van der Waals surface area contributed by atoms with Crippen molar-refractivity contribution >= 4 is 28.3 Å². The molecule has 41 heavy (non-hydrogen) atoms. The Labute approximate surface area is 237 Å². The number of amides is 1. The van der Waals surface area contributed by atoms with Crippen LogP contribution in [0.4, 0.5) is 11.5 Å². The lowest BCUT2D eigenvalue weighted by Crippen LogP contribution is -2.39. The maximum Gasteiger partial charge on any atom is 0.270 e. The molecule has 1 unspecified atom stereocenters. The van der Waals surface area contributed by atoms with E-state index in [1.807, 2.05) is 71.8 Å². The van der Waals surface area contributed by atoms with Crippen molar-refractivity contribution < 1.29 is 4.79 Å². The van der Waals surface area contributed by atoms with E-state index in [2.05, 4.69) is 49.7 Å². The molecule has 3 aromatic carbocycles. The van der Waals surface area contributed by atoms with Gasteiger partial charge in [-0.2, -0.15) is 5.10 Å². The van der Waals surface area contributed by atoms with Crippen LogP contribution in [0.1, 0.15) is 34.8 Å². The van der Waals surface area contributed by atoms with Gasteiger partial charge in [0.05, 0.1) is 6.20 Å². The van der Waals surface area contributed by atoms with E-state index in [-0.39, 0.29) is 5.91 Å². The largest absolute Gasteiger partial charge is 0.351 e. The SMILES string of the molecule is O=C(c1cc2ccc(-c3nccc(Nc4ccc(-c5cn[nH]c5)cc4)n3)cc2[nH]1)N1CCCC(c2ccccc2)C1. The Balaban J connectivity index is 1.08. The van der Waals surface area contributed by atoms with Gasteiger partial charge < -0.3 is 15.2 Å². The van der Waals surface area contributed by atoms with Crippen LogP contribution in [0, 0.1) is 0 Å². The summed E-state index contributed by atoms with van der Waals surface area (Å²) in [4.78, 5) is 28.1. The number of carbonyl (C=O) groups is 1. The maximum atomic E-state index is 13.5. The minimum atomic E-state index is 0.0459. The molecule has 6 aromatic rings. The van der Waals surface area contributed by atoms with Crippen LogP contribution < -0.4 is 5.32 Å². The van der Waals surface area contributed by atoms with Gasteiger partial charge in [0.25, 0.3) is 5.91 Å². The molecule has 0 aliphatic carbocycles. The molecule has 8 nitrogen and oxygen atoms in total. The number of hydrogen-bond donors (Lipinski definition) is 3. The van der Waals surface area contributed by atoms with E-state index in [1.165, 1.54) is 5.56 Å². The second-order valence-corrected chi connectivity index (χ2v) is 10.4. The van der Waals surface area contributed by atoms with Crippen LogP contribution in [0.15, 0.2) is 104 Å².